The summed E-state index contributed by atoms with van der Waals surface area (Å²) in [6.07, 6.45) is 3.54. The normalized spacial score (nSPS) is 16.9. The van der Waals surface area contributed by atoms with Crippen LogP contribution in [0.3, 0.4) is 0 Å². The smallest absolute Gasteiger partial charge is 0.229 e. The minimum Gasteiger partial charge on any atom is -0.493 e. The van der Waals surface area contributed by atoms with Crippen molar-refractivity contribution in [3.8, 4) is 11.5 Å². The van der Waals surface area contributed by atoms with Crippen molar-refractivity contribution in [2.75, 3.05) is 37.5 Å². The van der Waals surface area contributed by atoms with Gasteiger partial charge in [0, 0.05) is 36.7 Å². The number of benzene rings is 1. The van der Waals surface area contributed by atoms with Crippen LogP contribution >= 0.6 is 0 Å². The van der Waals surface area contributed by atoms with Crippen LogP contribution in [-0.4, -0.2) is 43.2 Å². The number of piperidine rings is 1. The fourth-order valence-corrected chi connectivity index (χ4v) is 3.12. The van der Waals surface area contributed by atoms with Gasteiger partial charge in [0.2, 0.25) is 11.9 Å². The number of amides is 1. The number of aromatic nitrogens is 2. The van der Waals surface area contributed by atoms with Crippen LogP contribution in [0.1, 0.15) is 18.5 Å². The maximum absolute atomic E-state index is 12.7. The number of carbonyl (C=O) groups excluding carboxylic acids is 1. The van der Waals surface area contributed by atoms with Crippen molar-refractivity contribution in [2.24, 2.45) is 5.92 Å². The van der Waals surface area contributed by atoms with E-state index in [0.29, 0.717) is 29.7 Å². The Balaban J connectivity index is 1.68. The van der Waals surface area contributed by atoms with Gasteiger partial charge in [-0.05, 0) is 38.0 Å². The standard InChI is InChI=1S/C19H24N4O3/c1-13-8-9-20-19(21-13)23-10-4-5-14(12-23)18(24)22-15-6-7-16(25-2)17(11-15)26-3/h6-9,11,14H,4-5,10,12H2,1-3H3,(H,22,24). The van der Waals surface area contributed by atoms with Gasteiger partial charge in [-0.1, -0.05) is 0 Å². The monoisotopic (exact) mass is 356 g/mol. The van der Waals surface area contributed by atoms with Gasteiger partial charge in [-0.3, -0.25) is 4.79 Å². The van der Waals surface area contributed by atoms with E-state index in [1.165, 1.54) is 0 Å². The van der Waals surface area contributed by atoms with Crippen molar-refractivity contribution in [3.63, 3.8) is 0 Å². The molecule has 2 heterocycles. The van der Waals surface area contributed by atoms with Gasteiger partial charge in [0.25, 0.3) is 0 Å². The Bertz CT molecular complexity index is 781. The van der Waals surface area contributed by atoms with Crippen LogP contribution in [0.4, 0.5) is 11.6 Å². The molecule has 26 heavy (non-hydrogen) atoms. The summed E-state index contributed by atoms with van der Waals surface area (Å²) in [6, 6.07) is 7.22. The van der Waals surface area contributed by atoms with Crippen molar-refractivity contribution in [1.82, 2.24) is 9.97 Å². The summed E-state index contributed by atoms with van der Waals surface area (Å²) >= 11 is 0. The molecule has 3 rings (SSSR count). The molecule has 1 N–H and O–H groups in total. The number of nitrogens with one attached hydrogen (secondary N) is 1. The fourth-order valence-electron chi connectivity index (χ4n) is 3.12. The highest BCUT2D eigenvalue weighted by molar-refractivity contribution is 5.93. The lowest BCUT2D eigenvalue weighted by atomic mass is 9.97. The van der Waals surface area contributed by atoms with E-state index in [1.54, 1.807) is 32.5 Å². The van der Waals surface area contributed by atoms with Crippen LogP contribution in [0.25, 0.3) is 0 Å². The number of hydrogen-bond acceptors (Lipinski definition) is 6. The molecule has 0 radical (unpaired) electrons. The van der Waals surface area contributed by atoms with Gasteiger partial charge in [-0.2, -0.15) is 0 Å². The number of rotatable bonds is 5. The maximum atomic E-state index is 12.7. The van der Waals surface area contributed by atoms with Gasteiger partial charge in [0.1, 0.15) is 0 Å². The van der Waals surface area contributed by atoms with E-state index in [2.05, 4.69) is 20.2 Å². The summed E-state index contributed by atoms with van der Waals surface area (Å²) in [5.74, 6) is 1.79. The predicted molar refractivity (Wildman–Crippen MR) is 99.9 cm³/mol. The van der Waals surface area contributed by atoms with Crippen LogP contribution in [0.2, 0.25) is 0 Å². The molecule has 0 spiro atoms. The minimum atomic E-state index is -0.110. The zero-order chi connectivity index (χ0) is 18.5. The van der Waals surface area contributed by atoms with Crippen molar-refractivity contribution < 1.29 is 14.3 Å². The van der Waals surface area contributed by atoms with Crippen LogP contribution < -0.4 is 19.7 Å². The molecule has 2 aromatic rings. The lowest BCUT2D eigenvalue weighted by Crippen LogP contribution is -2.41. The minimum absolute atomic E-state index is 0.00503. The van der Waals surface area contributed by atoms with Gasteiger partial charge in [0.05, 0.1) is 20.1 Å². The summed E-state index contributed by atoms with van der Waals surface area (Å²) in [5.41, 5.74) is 1.61. The summed E-state index contributed by atoms with van der Waals surface area (Å²) < 4.78 is 10.5. The molecule has 0 aliphatic carbocycles. The first-order valence-electron chi connectivity index (χ1n) is 8.68. The van der Waals surface area contributed by atoms with Gasteiger partial charge < -0.3 is 19.7 Å². The number of carbonyl (C=O) groups is 1. The predicted octanol–water partition coefficient (Wildman–Crippen LogP) is 2.66. The van der Waals surface area contributed by atoms with E-state index in [4.69, 9.17) is 9.47 Å². The van der Waals surface area contributed by atoms with Crippen LogP contribution in [0.15, 0.2) is 30.5 Å². The topological polar surface area (TPSA) is 76.6 Å². The zero-order valence-corrected chi connectivity index (χ0v) is 15.4. The summed E-state index contributed by atoms with van der Waals surface area (Å²) in [6.45, 7) is 3.42. The Kier molecular flexibility index (Phi) is 5.55. The first-order valence-corrected chi connectivity index (χ1v) is 8.68. The van der Waals surface area contributed by atoms with Crippen LogP contribution in [0.5, 0.6) is 11.5 Å². The van der Waals surface area contributed by atoms with E-state index in [1.807, 2.05) is 19.1 Å². The van der Waals surface area contributed by atoms with Crippen molar-refractivity contribution in [3.05, 3.63) is 36.2 Å². The Morgan fingerprint density at radius 3 is 2.77 bits per heavy atom. The second-order valence-corrected chi connectivity index (χ2v) is 6.34. The highest BCUT2D eigenvalue weighted by Gasteiger charge is 2.27. The van der Waals surface area contributed by atoms with Crippen LogP contribution in [-0.2, 0) is 4.79 Å². The molecule has 1 aliphatic heterocycles. The van der Waals surface area contributed by atoms with Crippen LogP contribution in [0, 0.1) is 12.8 Å². The van der Waals surface area contributed by atoms with Gasteiger partial charge >= 0.3 is 0 Å². The first-order chi connectivity index (χ1) is 12.6. The first kappa shape index (κ1) is 18.0. The van der Waals surface area contributed by atoms with Crippen molar-refractivity contribution >= 4 is 17.5 Å². The van der Waals surface area contributed by atoms with E-state index in [0.717, 1.165) is 25.1 Å². The lowest BCUT2D eigenvalue weighted by molar-refractivity contribution is -0.120. The molecule has 1 aromatic carbocycles. The highest BCUT2D eigenvalue weighted by Crippen LogP contribution is 2.30. The largest absolute Gasteiger partial charge is 0.493 e. The molecule has 1 aromatic heterocycles. The summed E-state index contributed by atoms with van der Waals surface area (Å²) in [7, 11) is 3.16. The molecule has 0 bridgehead atoms. The van der Waals surface area contributed by atoms with E-state index in [9.17, 15) is 4.79 Å². The number of ether oxygens (including phenoxy) is 2. The number of aryl methyl sites for hydroxylation is 1. The Hall–Kier alpha value is -2.83. The molecule has 1 saturated heterocycles. The third-order valence-corrected chi connectivity index (χ3v) is 4.51. The summed E-state index contributed by atoms with van der Waals surface area (Å²) in [5, 5.41) is 2.98. The third kappa shape index (κ3) is 4.04. The van der Waals surface area contributed by atoms with E-state index in [-0.39, 0.29) is 11.8 Å². The molecule has 1 atom stereocenters. The summed E-state index contributed by atoms with van der Waals surface area (Å²) in [4.78, 5) is 23.6. The lowest BCUT2D eigenvalue weighted by Gasteiger charge is -2.32. The van der Waals surface area contributed by atoms with E-state index >= 15 is 0 Å². The molecule has 0 saturated carbocycles. The average Bonchev–Trinajstić information content (AvgIpc) is 2.68. The number of nitrogens with zero attached hydrogens (tertiary/aromatic N) is 3. The average molecular weight is 356 g/mol. The molecule has 1 unspecified atom stereocenters. The third-order valence-electron chi connectivity index (χ3n) is 4.51. The Morgan fingerprint density at radius 2 is 2.04 bits per heavy atom. The molecular weight excluding hydrogens is 332 g/mol. The van der Waals surface area contributed by atoms with Crippen molar-refractivity contribution in [2.45, 2.75) is 19.8 Å². The van der Waals surface area contributed by atoms with Gasteiger partial charge in [0.15, 0.2) is 11.5 Å². The molecule has 7 nitrogen and oxygen atoms in total. The molecule has 1 amide bonds. The Labute approximate surface area is 153 Å². The molecular formula is C19H24N4O3. The molecule has 138 valence electrons. The molecule has 1 fully saturated rings. The SMILES string of the molecule is COc1ccc(NC(=O)C2CCCN(c3nccc(C)n3)C2)cc1OC. The quantitative estimate of drug-likeness (QED) is 0.888. The number of anilines is 2. The Morgan fingerprint density at radius 1 is 1.23 bits per heavy atom. The van der Waals surface area contributed by atoms with Gasteiger partial charge in [-0.15, -0.1) is 0 Å². The number of methoxy groups -OCH3 is 2. The molecule has 7 heteroatoms. The second kappa shape index (κ2) is 8.03. The van der Waals surface area contributed by atoms with Gasteiger partial charge in [-0.25, -0.2) is 9.97 Å². The van der Waals surface area contributed by atoms with Crippen molar-refractivity contribution in [1.29, 1.82) is 0 Å². The zero-order valence-electron chi connectivity index (χ0n) is 15.4. The maximum Gasteiger partial charge on any atom is 0.229 e. The molecule has 1 aliphatic rings. The van der Waals surface area contributed by atoms with E-state index < -0.39 is 0 Å². The highest BCUT2D eigenvalue weighted by atomic mass is 16.5. The fraction of sp³-hybridized carbons (Fsp3) is 0.421. The number of hydrogen-bond donors (Lipinski definition) is 1. The second-order valence-electron chi connectivity index (χ2n) is 6.34.